The number of nitrogens with one attached hydrogen (secondary N) is 2. The number of aryl methyl sites for hydroxylation is 1. The summed E-state index contributed by atoms with van der Waals surface area (Å²) in [5, 5.41) is 13.1. The number of rotatable bonds is 6. The lowest BCUT2D eigenvalue weighted by atomic mass is 9.99. The highest BCUT2D eigenvalue weighted by molar-refractivity contribution is 5.95. The zero-order chi connectivity index (χ0) is 19.1. The van der Waals surface area contributed by atoms with Crippen LogP contribution < -0.4 is 10.6 Å². The van der Waals surface area contributed by atoms with Crippen molar-refractivity contribution < 1.29 is 9.59 Å². The highest BCUT2D eigenvalue weighted by Gasteiger charge is 2.21. The van der Waals surface area contributed by atoms with Gasteiger partial charge in [0.1, 0.15) is 12.7 Å². The van der Waals surface area contributed by atoms with Crippen molar-refractivity contribution in [1.29, 1.82) is 0 Å². The van der Waals surface area contributed by atoms with Crippen LogP contribution in [0.1, 0.15) is 36.5 Å². The monoisotopic (exact) mass is 370 g/mol. The number of hydrogen-bond acceptors (Lipinski definition) is 4. The van der Waals surface area contributed by atoms with E-state index in [1.807, 2.05) is 9.47 Å². The molecular weight excluding hydrogens is 344 g/mol. The summed E-state index contributed by atoms with van der Waals surface area (Å²) in [6.07, 6.45) is 6.32. The second-order valence-electron chi connectivity index (χ2n) is 7.01. The van der Waals surface area contributed by atoms with E-state index in [1.165, 1.54) is 6.42 Å². The molecule has 0 spiro atoms. The number of carbonyl (C=O) groups is 2. The molecule has 1 aromatic heterocycles. The van der Waals surface area contributed by atoms with Gasteiger partial charge < -0.3 is 20.1 Å². The van der Waals surface area contributed by atoms with E-state index in [0.717, 1.165) is 32.5 Å². The Morgan fingerprint density at radius 1 is 1.19 bits per heavy atom. The van der Waals surface area contributed by atoms with Crippen molar-refractivity contribution in [3.8, 4) is 0 Å². The van der Waals surface area contributed by atoms with Crippen molar-refractivity contribution >= 4 is 17.6 Å². The quantitative estimate of drug-likeness (QED) is 0.764. The summed E-state index contributed by atoms with van der Waals surface area (Å²) in [6, 6.07) is 6.80. The minimum atomic E-state index is -0.261. The van der Waals surface area contributed by atoms with Crippen molar-refractivity contribution in [3.05, 3.63) is 42.5 Å². The van der Waals surface area contributed by atoms with Gasteiger partial charge in [-0.2, -0.15) is 0 Å². The largest absolute Gasteiger partial charge is 0.338 e. The Morgan fingerprint density at radius 3 is 2.63 bits per heavy atom. The average Bonchev–Trinajstić information content (AvgIpc) is 3.19. The first-order valence-corrected chi connectivity index (χ1v) is 9.38. The molecule has 2 heterocycles. The number of hydrogen-bond donors (Lipinski definition) is 2. The van der Waals surface area contributed by atoms with Gasteiger partial charge in [0, 0.05) is 37.4 Å². The first-order valence-electron chi connectivity index (χ1n) is 9.38. The van der Waals surface area contributed by atoms with Crippen LogP contribution >= 0.6 is 0 Å². The number of likely N-dealkylation sites (tertiary alicyclic amines) is 1. The number of piperidine rings is 1. The minimum Gasteiger partial charge on any atom is -0.338 e. The lowest BCUT2D eigenvalue weighted by Gasteiger charge is -2.31. The van der Waals surface area contributed by atoms with Crippen LogP contribution in [-0.4, -0.2) is 51.2 Å². The molecule has 0 aliphatic carbocycles. The van der Waals surface area contributed by atoms with Crippen LogP contribution in [0.2, 0.25) is 0 Å². The summed E-state index contributed by atoms with van der Waals surface area (Å²) >= 11 is 0. The average molecular weight is 370 g/mol. The summed E-state index contributed by atoms with van der Waals surface area (Å²) in [7, 11) is 0. The number of nitrogens with zero attached hydrogens (tertiary/aromatic N) is 4. The van der Waals surface area contributed by atoms with Gasteiger partial charge >= 0.3 is 6.03 Å². The molecule has 1 aromatic carbocycles. The SMILES string of the molecule is C[C@H]1CCCN(C(=O)c2ccc(NC(=O)NCCCn3cnnc3)cc2)C1. The van der Waals surface area contributed by atoms with E-state index >= 15 is 0 Å². The summed E-state index contributed by atoms with van der Waals surface area (Å²) in [5.74, 6) is 0.615. The van der Waals surface area contributed by atoms with Crippen LogP contribution in [0.15, 0.2) is 36.9 Å². The molecule has 8 nitrogen and oxygen atoms in total. The van der Waals surface area contributed by atoms with Crippen LogP contribution in [0, 0.1) is 5.92 Å². The number of anilines is 1. The Kier molecular flexibility index (Phi) is 6.40. The van der Waals surface area contributed by atoms with Crippen molar-refractivity contribution in [2.45, 2.75) is 32.7 Å². The maximum atomic E-state index is 12.6. The van der Waals surface area contributed by atoms with E-state index in [-0.39, 0.29) is 11.9 Å². The topological polar surface area (TPSA) is 92.2 Å². The van der Waals surface area contributed by atoms with E-state index in [2.05, 4.69) is 27.8 Å². The lowest BCUT2D eigenvalue weighted by Crippen LogP contribution is -2.39. The van der Waals surface area contributed by atoms with Gasteiger partial charge in [-0.3, -0.25) is 4.79 Å². The summed E-state index contributed by atoms with van der Waals surface area (Å²) in [5.41, 5.74) is 1.32. The molecule has 0 bridgehead atoms. The molecule has 2 aromatic rings. The molecule has 2 N–H and O–H groups in total. The minimum absolute atomic E-state index is 0.0616. The Bertz CT molecular complexity index is 744. The lowest BCUT2D eigenvalue weighted by molar-refractivity contribution is 0.0683. The molecule has 0 radical (unpaired) electrons. The van der Waals surface area contributed by atoms with Crippen LogP contribution in [-0.2, 0) is 6.54 Å². The second-order valence-corrected chi connectivity index (χ2v) is 7.01. The number of benzene rings is 1. The van der Waals surface area contributed by atoms with E-state index < -0.39 is 0 Å². The van der Waals surface area contributed by atoms with Gasteiger partial charge in [-0.15, -0.1) is 10.2 Å². The fourth-order valence-corrected chi connectivity index (χ4v) is 3.23. The van der Waals surface area contributed by atoms with Gasteiger partial charge in [0.2, 0.25) is 0 Å². The zero-order valence-corrected chi connectivity index (χ0v) is 15.6. The van der Waals surface area contributed by atoms with E-state index in [1.54, 1.807) is 36.9 Å². The van der Waals surface area contributed by atoms with Crippen molar-refractivity contribution in [2.24, 2.45) is 5.92 Å². The molecule has 8 heteroatoms. The van der Waals surface area contributed by atoms with Gasteiger partial charge in [-0.1, -0.05) is 6.92 Å². The Labute approximate surface area is 159 Å². The van der Waals surface area contributed by atoms with Gasteiger partial charge in [0.25, 0.3) is 5.91 Å². The Hall–Kier alpha value is -2.90. The number of carbonyl (C=O) groups excluding carboxylic acids is 2. The predicted octanol–water partition coefficient (Wildman–Crippen LogP) is 2.36. The third-order valence-corrected chi connectivity index (χ3v) is 4.68. The molecule has 0 unspecified atom stereocenters. The molecule has 0 saturated carbocycles. The van der Waals surface area contributed by atoms with Gasteiger partial charge in [0.15, 0.2) is 0 Å². The molecular formula is C19H26N6O2. The molecule has 1 atom stereocenters. The van der Waals surface area contributed by atoms with Crippen LogP contribution in [0.3, 0.4) is 0 Å². The van der Waals surface area contributed by atoms with Crippen molar-refractivity contribution in [3.63, 3.8) is 0 Å². The highest BCUT2D eigenvalue weighted by Crippen LogP contribution is 2.19. The summed E-state index contributed by atoms with van der Waals surface area (Å²) < 4.78 is 1.86. The van der Waals surface area contributed by atoms with Crippen LogP contribution in [0.25, 0.3) is 0 Å². The molecule has 1 saturated heterocycles. The first kappa shape index (κ1) is 18.9. The van der Waals surface area contributed by atoms with Gasteiger partial charge in [-0.25, -0.2) is 4.79 Å². The Balaban J connectivity index is 1.42. The fourth-order valence-electron chi connectivity index (χ4n) is 3.23. The summed E-state index contributed by atoms with van der Waals surface area (Å²) in [4.78, 5) is 26.4. The molecule has 1 aliphatic rings. The molecule has 1 aliphatic heterocycles. The standard InChI is InChI=1S/C19H26N6O2/c1-15-4-2-11-25(12-15)18(26)16-5-7-17(8-6-16)23-19(27)20-9-3-10-24-13-21-22-14-24/h5-8,13-15H,2-4,9-12H2,1H3,(H2,20,23,27)/t15-/m0/s1. The predicted molar refractivity (Wildman–Crippen MR) is 102 cm³/mol. The molecule has 3 rings (SSSR count). The first-order chi connectivity index (χ1) is 13.1. The van der Waals surface area contributed by atoms with Gasteiger partial charge in [-0.05, 0) is 49.4 Å². The number of aromatic nitrogens is 3. The maximum absolute atomic E-state index is 12.6. The zero-order valence-electron chi connectivity index (χ0n) is 15.6. The number of urea groups is 1. The third kappa shape index (κ3) is 5.54. The Morgan fingerprint density at radius 2 is 1.93 bits per heavy atom. The van der Waals surface area contributed by atoms with Crippen LogP contribution in [0.5, 0.6) is 0 Å². The van der Waals surface area contributed by atoms with Crippen LogP contribution in [0.4, 0.5) is 10.5 Å². The van der Waals surface area contributed by atoms with Crippen molar-refractivity contribution in [2.75, 3.05) is 25.0 Å². The normalized spacial score (nSPS) is 16.8. The van der Waals surface area contributed by atoms with E-state index in [4.69, 9.17) is 0 Å². The van der Waals surface area contributed by atoms with E-state index in [9.17, 15) is 9.59 Å². The molecule has 144 valence electrons. The molecule has 1 fully saturated rings. The highest BCUT2D eigenvalue weighted by atomic mass is 16.2. The molecule has 3 amide bonds. The second kappa shape index (κ2) is 9.16. The number of amides is 3. The van der Waals surface area contributed by atoms with Gasteiger partial charge in [0.05, 0.1) is 0 Å². The van der Waals surface area contributed by atoms with E-state index in [0.29, 0.717) is 23.7 Å². The third-order valence-electron chi connectivity index (χ3n) is 4.68. The fraction of sp³-hybridized carbons (Fsp3) is 0.474. The molecule has 27 heavy (non-hydrogen) atoms. The maximum Gasteiger partial charge on any atom is 0.319 e. The summed E-state index contributed by atoms with van der Waals surface area (Å²) in [6.45, 7) is 5.11. The smallest absolute Gasteiger partial charge is 0.319 e. The van der Waals surface area contributed by atoms with Crippen molar-refractivity contribution in [1.82, 2.24) is 25.0 Å².